The molecular formula is C12H16N2O2. The number of amides is 1. The number of rotatable bonds is 3. The molecule has 0 aliphatic carbocycles. The summed E-state index contributed by atoms with van der Waals surface area (Å²) in [6.07, 6.45) is 0.958. The minimum atomic E-state index is -0.281. The standard InChI is InChI=1S/C12H16N2O2/c15-8-7-14-12(16)11-10-4-2-1-3-9(10)5-6-13-11/h1-4,11,13,15H,5-8H2,(H,14,16). The number of carbonyl (C=O) groups excluding carboxylic acids is 1. The second kappa shape index (κ2) is 5.09. The molecule has 1 heterocycles. The summed E-state index contributed by atoms with van der Waals surface area (Å²) in [4.78, 5) is 11.8. The van der Waals surface area contributed by atoms with Crippen molar-refractivity contribution in [2.24, 2.45) is 0 Å². The Balaban J connectivity index is 2.15. The van der Waals surface area contributed by atoms with Crippen LogP contribution in [0.3, 0.4) is 0 Å². The van der Waals surface area contributed by atoms with Crippen LogP contribution in [0.25, 0.3) is 0 Å². The van der Waals surface area contributed by atoms with Crippen molar-refractivity contribution in [2.45, 2.75) is 12.5 Å². The highest BCUT2D eigenvalue weighted by molar-refractivity contribution is 5.83. The highest BCUT2D eigenvalue weighted by atomic mass is 16.3. The lowest BCUT2D eigenvalue weighted by molar-refractivity contribution is -0.123. The number of benzene rings is 1. The molecule has 0 saturated carbocycles. The molecule has 0 saturated heterocycles. The zero-order chi connectivity index (χ0) is 11.4. The Morgan fingerprint density at radius 3 is 3.12 bits per heavy atom. The second-order valence-corrected chi connectivity index (χ2v) is 3.85. The predicted molar refractivity (Wildman–Crippen MR) is 61.0 cm³/mol. The van der Waals surface area contributed by atoms with Gasteiger partial charge in [0.1, 0.15) is 6.04 Å². The summed E-state index contributed by atoms with van der Waals surface area (Å²) >= 11 is 0. The van der Waals surface area contributed by atoms with E-state index in [0.717, 1.165) is 18.5 Å². The highest BCUT2D eigenvalue weighted by Crippen LogP contribution is 2.22. The van der Waals surface area contributed by atoms with Crippen LogP contribution in [-0.4, -0.2) is 30.7 Å². The molecule has 4 nitrogen and oxygen atoms in total. The van der Waals surface area contributed by atoms with Crippen LogP contribution in [0, 0.1) is 0 Å². The number of hydrogen-bond donors (Lipinski definition) is 3. The number of fused-ring (bicyclic) bond motifs is 1. The third kappa shape index (κ3) is 2.23. The van der Waals surface area contributed by atoms with Crippen LogP contribution >= 0.6 is 0 Å². The molecular weight excluding hydrogens is 204 g/mol. The summed E-state index contributed by atoms with van der Waals surface area (Å²) in [6, 6.07) is 7.69. The lowest BCUT2D eigenvalue weighted by Crippen LogP contribution is -2.42. The van der Waals surface area contributed by atoms with Crippen molar-refractivity contribution in [1.82, 2.24) is 10.6 Å². The molecule has 1 unspecified atom stereocenters. The first-order chi connectivity index (χ1) is 7.83. The molecule has 16 heavy (non-hydrogen) atoms. The first-order valence-corrected chi connectivity index (χ1v) is 5.52. The maximum absolute atomic E-state index is 11.8. The third-order valence-electron chi connectivity index (χ3n) is 2.78. The number of nitrogens with one attached hydrogen (secondary N) is 2. The predicted octanol–water partition coefficient (Wildman–Crippen LogP) is -0.0181. The van der Waals surface area contributed by atoms with Gasteiger partial charge in [-0.3, -0.25) is 4.79 Å². The molecule has 0 bridgehead atoms. The van der Waals surface area contributed by atoms with Gasteiger partial charge in [0.15, 0.2) is 0 Å². The maximum atomic E-state index is 11.8. The molecule has 1 aliphatic rings. The minimum absolute atomic E-state index is 0.0277. The zero-order valence-electron chi connectivity index (χ0n) is 9.07. The molecule has 1 aliphatic heterocycles. The van der Waals surface area contributed by atoms with Crippen LogP contribution in [-0.2, 0) is 11.2 Å². The summed E-state index contributed by atoms with van der Waals surface area (Å²) in [5.74, 6) is -0.0683. The third-order valence-corrected chi connectivity index (χ3v) is 2.78. The van der Waals surface area contributed by atoms with Gasteiger partial charge in [0, 0.05) is 13.1 Å². The Bertz CT molecular complexity index is 379. The number of aliphatic hydroxyl groups excluding tert-OH is 1. The fourth-order valence-electron chi connectivity index (χ4n) is 2.02. The van der Waals surface area contributed by atoms with E-state index in [1.807, 2.05) is 18.2 Å². The summed E-state index contributed by atoms with van der Waals surface area (Å²) in [7, 11) is 0. The Labute approximate surface area is 94.7 Å². The van der Waals surface area contributed by atoms with Gasteiger partial charge in [-0.25, -0.2) is 0 Å². The van der Waals surface area contributed by atoms with Crippen molar-refractivity contribution in [3.8, 4) is 0 Å². The van der Waals surface area contributed by atoms with Gasteiger partial charge < -0.3 is 15.7 Å². The van der Waals surface area contributed by atoms with Crippen LogP contribution in [0.5, 0.6) is 0 Å². The van der Waals surface area contributed by atoms with E-state index < -0.39 is 0 Å². The zero-order valence-corrected chi connectivity index (χ0v) is 9.07. The summed E-state index contributed by atoms with van der Waals surface area (Å²) in [6.45, 7) is 1.09. The van der Waals surface area contributed by atoms with Crippen molar-refractivity contribution < 1.29 is 9.90 Å². The molecule has 1 atom stereocenters. The lowest BCUT2D eigenvalue weighted by Gasteiger charge is -2.25. The quantitative estimate of drug-likeness (QED) is 0.671. The SMILES string of the molecule is O=C(NCCO)C1NCCc2ccccc21. The molecule has 0 spiro atoms. The maximum Gasteiger partial charge on any atom is 0.241 e. The Morgan fingerprint density at radius 1 is 1.50 bits per heavy atom. The Morgan fingerprint density at radius 2 is 2.31 bits per heavy atom. The number of carbonyl (C=O) groups is 1. The van der Waals surface area contributed by atoms with Crippen LogP contribution < -0.4 is 10.6 Å². The summed E-state index contributed by atoms with van der Waals surface area (Å²) < 4.78 is 0. The minimum Gasteiger partial charge on any atom is -0.395 e. The van der Waals surface area contributed by atoms with E-state index in [2.05, 4.69) is 16.7 Å². The van der Waals surface area contributed by atoms with Crippen LogP contribution in [0.4, 0.5) is 0 Å². The van der Waals surface area contributed by atoms with Crippen molar-refractivity contribution in [3.05, 3.63) is 35.4 Å². The molecule has 1 amide bonds. The smallest absolute Gasteiger partial charge is 0.241 e. The fraction of sp³-hybridized carbons (Fsp3) is 0.417. The highest BCUT2D eigenvalue weighted by Gasteiger charge is 2.24. The van der Waals surface area contributed by atoms with E-state index in [1.165, 1.54) is 5.56 Å². The normalized spacial score (nSPS) is 18.9. The molecule has 1 aromatic rings. The fourth-order valence-corrected chi connectivity index (χ4v) is 2.02. The summed E-state index contributed by atoms with van der Waals surface area (Å²) in [5, 5.41) is 14.6. The van der Waals surface area contributed by atoms with Gasteiger partial charge in [-0.1, -0.05) is 24.3 Å². The largest absolute Gasteiger partial charge is 0.395 e. The lowest BCUT2D eigenvalue weighted by atomic mass is 9.94. The average molecular weight is 220 g/mol. The molecule has 0 radical (unpaired) electrons. The van der Waals surface area contributed by atoms with Crippen LogP contribution in [0.1, 0.15) is 17.2 Å². The van der Waals surface area contributed by atoms with E-state index in [4.69, 9.17) is 5.11 Å². The average Bonchev–Trinajstić information content (AvgIpc) is 2.35. The van der Waals surface area contributed by atoms with Gasteiger partial charge in [-0.05, 0) is 17.5 Å². The van der Waals surface area contributed by atoms with Gasteiger partial charge in [0.25, 0.3) is 0 Å². The number of aliphatic hydroxyl groups is 1. The number of hydrogen-bond acceptors (Lipinski definition) is 3. The van der Waals surface area contributed by atoms with Crippen molar-refractivity contribution in [2.75, 3.05) is 19.7 Å². The van der Waals surface area contributed by atoms with Gasteiger partial charge in [-0.2, -0.15) is 0 Å². The Kier molecular flexibility index (Phi) is 3.54. The van der Waals surface area contributed by atoms with Crippen molar-refractivity contribution >= 4 is 5.91 Å². The molecule has 1 aromatic carbocycles. The van der Waals surface area contributed by atoms with Gasteiger partial charge in [0.05, 0.1) is 6.61 Å². The van der Waals surface area contributed by atoms with Crippen LogP contribution in [0.2, 0.25) is 0 Å². The first kappa shape index (κ1) is 11.1. The van der Waals surface area contributed by atoms with E-state index in [-0.39, 0.29) is 18.6 Å². The van der Waals surface area contributed by atoms with E-state index in [0.29, 0.717) is 6.54 Å². The molecule has 2 rings (SSSR count). The summed E-state index contributed by atoms with van der Waals surface area (Å²) in [5.41, 5.74) is 2.27. The van der Waals surface area contributed by atoms with E-state index >= 15 is 0 Å². The van der Waals surface area contributed by atoms with Crippen LogP contribution in [0.15, 0.2) is 24.3 Å². The van der Waals surface area contributed by atoms with Gasteiger partial charge in [-0.15, -0.1) is 0 Å². The van der Waals surface area contributed by atoms with E-state index in [9.17, 15) is 4.79 Å². The van der Waals surface area contributed by atoms with Crippen molar-refractivity contribution in [3.63, 3.8) is 0 Å². The second-order valence-electron chi connectivity index (χ2n) is 3.85. The molecule has 3 N–H and O–H groups in total. The van der Waals surface area contributed by atoms with Gasteiger partial charge in [0.2, 0.25) is 5.91 Å². The molecule has 86 valence electrons. The Hall–Kier alpha value is -1.39. The molecule has 0 aromatic heterocycles. The van der Waals surface area contributed by atoms with Gasteiger partial charge >= 0.3 is 0 Å². The van der Waals surface area contributed by atoms with Crippen molar-refractivity contribution in [1.29, 1.82) is 0 Å². The monoisotopic (exact) mass is 220 g/mol. The van der Waals surface area contributed by atoms with E-state index in [1.54, 1.807) is 0 Å². The molecule has 4 heteroatoms. The first-order valence-electron chi connectivity index (χ1n) is 5.52. The molecule has 0 fully saturated rings. The topological polar surface area (TPSA) is 61.4 Å².